The fourth-order valence-corrected chi connectivity index (χ4v) is 2.75. The smallest absolute Gasteiger partial charge is 0.323 e. The summed E-state index contributed by atoms with van der Waals surface area (Å²) in [5.74, 6) is -0.143. The van der Waals surface area contributed by atoms with Gasteiger partial charge in [-0.1, -0.05) is 41.9 Å². The lowest BCUT2D eigenvalue weighted by Gasteiger charge is -2.11. The van der Waals surface area contributed by atoms with Crippen LogP contribution >= 0.6 is 11.6 Å². The number of nitrogens with one attached hydrogen (secondary N) is 2. The second-order valence-corrected chi connectivity index (χ2v) is 6.38. The van der Waals surface area contributed by atoms with Gasteiger partial charge in [0, 0.05) is 16.4 Å². The molecule has 0 bridgehead atoms. The Labute approximate surface area is 167 Å². The topological polar surface area (TPSA) is 93.5 Å². The summed E-state index contributed by atoms with van der Waals surface area (Å²) in [5, 5.41) is 6.00. The van der Waals surface area contributed by atoms with Gasteiger partial charge in [0.15, 0.2) is 0 Å². The third-order valence-corrected chi connectivity index (χ3v) is 4.05. The fraction of sp³-hybridized carbons (Fsp3) is 0.0476. The summed E-state index contributed by atoms with van der Waals surface area (Å²) in [6.45, 7) is 0.218. The number of hydrogen-bond donors (Lipinski definition) is 3. The van der Waals surface area contributed by atoms with Crippen molar-refractivity contribution in [3.05, 3.63) is 88.9 Å². The number of carbonyl (C=O) groups excluding carboxylic acids is 2. The quantitative estimate of drug-likeness (QED) is 0.566. The first-order valence-corrected chi connectivity index (χ1v) is 8.83. The Morgan fingerprint density at radius 2 is 1.57 bits per heavy atom. The zero-order valence-corrected chi connectivity index (χ0v) is 15.6. The van der Waals surface area contributed by atoms with E-state index in [1.54, 1.807) is 66.7 Å². The highest BCUT2D eigenvalue weighted by Gasteiger charge is 2.09. The van der Waals surface area contributed by atoms with Gasteiger partial charge in [-0.3, -0.25) is 4.79 Å². The fourth-order valence-electron chi connectivity index (χ4n) is 2.56. The van der Waals surface area contributed by atoms with Crippen molar-refractivity contribution in [3.8, 4) is 5.75 Å². The first-order valence-electron chi connectivity index (χ1n) is 8.45. The summed E-state index contributed by atoms with van der Waals surface area (Å²) in [4.78, 5) is 23.6. The molecular weight excluding hydrogens is 378 g/mol. The van der Waals surface area contributed by atoms with E-state index in [0.717, 1.165) is 5.56 Å². The number of anilines is 2. The third-order valence-electron chi connectivity index (χ3n) is 3.81. The lowest BCUT2D eigenvalue weighted by Crippen LogP contribution is -2.19. The predicted octanol–water partition coefficient (Wildman–Crippen LogP) is 4.66. The van der Waals surface area contributed by atoms with Crippen LogP contribution in [0.15, 0.2) is 72.8 Å². The van der Waals surface area contributed by atoms with E-state index in [4.69, 9.17) is 22.1 Å². The van der Waals surface area contributed by atoms with Crippen LogP contribution in [0.2, 0.25) is 5.02 Å². The molecule has 0 heterocycles. The first kappa shape index (κ1) is 19.3. The maximum atomic E-state index is 12.2. The largest absolute Gasteiger partial charge is 0.488 e. The number of ether oxygens (including phenoxy) is 1. The number of halogens is 1. The van der Waals surface area contributed by atoms with Crippen molar-refractivity contribution in [3.63, 3.8) is 0 Å². The van der Waals surface area contributed by atoms with Crippen molar-refractivity contribution in [1.29, 1.82) is 0 Å². The molecule has 4 N–H and O–H groups in total. The third kappa shape index (κ3) is 5.25. The average Bonchev–Trinajstić information content (AvgIpc) is 2.66. The van der Waals surface area contributed by atoms with Crippen LogP contribution in [0.5, 0.6) is 5.75 Å². The number of primary amides is 1. The van der Waals surface area contributed by atoms with Gasteiger partial charge in [0.25, 0.3) is 5.91 Å². The lowest BCUT2D eigenvalue weighted by molar-refractivity contribution is 0.0996. The highest BCUT2D eigenvalue weighted by atomic mass is 35.5. The number of urea groups is 1. The van der Waals surface area contributed by atoms with Gasteiger partial charge in [0.2, 0.25) is 0 Å². The van der Waals surface area contributed by atoms with Crippen molar-refractivity contribution < 1.29 is 14.3 Å². The van der Waals surface area contributed by atoms with Gasteiger partial charge in [-0.15, -0.1) is 0 Å². The molecule has 6 nitrogen and oxygen atoms in total. The summed E-state index contributed by atoms with van der Waals surface area (Å²) in [6, 6.07) is 20.5. The number of rotatable bonds is 6. The number of nitrogens with two attached hydrogens (primary N) is 1. The second-order valence-electron chi connectivity index (χ2n) is 5.94. The lowest BCUT2D eigenvalue weighted by atomic mass is 10.2. The van der Waals surface area contributed by atoms with Gasteiger partial charge in [0.1, 0.15) is 12.4 Å². The zero-order chi connectivity index (χ0) is 19.9. The van der Waals surface area contributed by atoms with Crippen molar-refractivity contribution in [2.75, 3.05) is 10.6 Å². The Morgan fingerprint density at radius 1 is 0.893 bits per heavy atom. The molecular formula is C21H18ClN3O3. The van der Waals surface area contributed by atoms with Crippen LogP contribution in [0.4, 0.5) is 16.2 Å². The summed E-state index contributed by atoms with van der Waals surface area (Å²) in [6.07, 6.45) is 0. The standard InChI is InChI=1S/C21H18ClN3O3/c22-15-6-4-8-17(12-15)25-21(27)24-16-7-3-5-14(11-16)13-28-19-10-2-1-9-18(19)20(23)26/h1-12H,13H2,(H2,23,26)(H2,24,25,27). The number of amides is 3. The Hall–Kier alpha value is -3.51. The van der Waals surface area contributed by atoms with Crippen molar-refractivity contribution in [2.24, 2.45) is 5.73 Å². The Kier molecular flexibility index (Phi) is 6.14. The van der Waals surface area contributed by atoms with Crippen molar-refractivity contribution in [1.82, 2.24) is 0 Å². The van der Waals surface area contributed by atoms with Crippen LogP contribution in [-0.4, -0.2) is 11.9 Å². The van der Waals surface area contributed by atoms with E-state index < -0.39 is 5.91 Å². The molecule has 3 aromatic rings. The van der Waals surface area contributed by atoms with Crippen LogP contribution in [0.25, 0.3) is 0 Å². The van der Waals surface area contributed by atoms with E-state index >= 15 is 0 Å². The van der Waals surface area contributed by atoms with E-state index in [0.29, 0.717) is 27.7 Å². The number of hydrogen-bond acceptors (Lipinski definition) is 3. The average molecular weight is 396 g/mol. The normalized spacial score (nSPS) is 10.2. The van der Waals surface area contributed by atoms with Crippen molar-refractivity contribution in [2.45, 2.75) is 6.61 Å². The Morgan fingerprint density at radius 3 is 2.29 bits per heavy atom. The molecule has 28 heavy (non-hydrogen) atoms. The minimum atomic E-state index is -0.552. The molecule has 0 aliphatic rings. The Bertz CT molecular complexity index is 1010. The molecule has 7 heteroatoms. The van der Waals surface area contributed by atoms with Crippen LogP contribution in [-0.2, 0) is 6.61 Å². The van der Waals surface area contributed by atoms with Gasteiger partial charge in [-0.05, 0) is 48.0 Å². The van der Waals surface area contributed by atoms with E-state index in [2.05, 4.69) is 10.6 Å². The highest BCUT2D eigenvalue weighted by Crippen LogP contribution is 2.20. The molecule has 0 saturated carbocycles. The van der Waals surface area contributed by atoms with E-state index in [-0.39, 0.29) is 12.6 Å². The van der Waals surface area contributed by atoms with Crippen LogP contribution in [0.3, 0.4) is 0 Å². The van der Waals surface area contributed by atoms with Gasteiger partial charge >= 0.3 is 6.03 Å². The summed E-state index contributed by atoms with van der Waals surface area (Å²) < 4.78 is 5.71. The summed E-state index contributed by atoms with van der Waals surface area (Å²) in [7, 11) is 0. The SMILES string of the molecule is NC(=O)c1ccccc1OCc1cccc(NC(=O)Nc2cccc(Cl)c2)c1. The van der Waals surface area contributed by atoms with E-state index in [1.165, 1.54) is 0 Å². The minimum absolute atomic E-state index is 0.218. The molecule has 0 aliphatic heterocycles. The maximum Gasteiger partial charge on any atom is 0.323 e. The first-order chi connectivity index (χ1) is 13.5. The van der Waals surface area contributed by atoms with Crippen LogP contribution < -0.4 is 21.1 Å². The van der Waals surface area contributed by atoms with Gasteiger partial charge in [0.05, 0.1) is 5.56 Å². The molecule has 0 saturated heterocycles. The zero-order valence-electron chi connectivity index (χ0n) is 14.8. The monoisotopic (exact) mass is 395 g/mol. The number of para-hydroxylation sites is 1. The molecule has 0 atom stereocenters. The van der Waals surface area contributed by atoms with Gasteiger partial charge in [-0.25, -0.2) is 4.79 Å². The van der Waals surface area contributed by atoms with Gasteiger partial charge in [-0.2, -0.15) is 0 Å². The summed E-state index contributed by atoms with van der Waals surface area (Å²) in [5.41, 5.74) is 7.68. The van der Waals surface area contributed by atoms with E-state index in [9.17, 15) is 9.59 Å². The Balaban J connectivity index is 1.62. The predicted molar refractivity (Wildman–Crippen MR) is 110 cm³/mol. The van der Waals surface area contributed by atoms with Crippen molar-refractivity contribution >= 4 is 34.9 Å². The molecule has 3 amide bonds. The highest BCUT2D eigenvalue weighted by molar-refractivity contribution is 6.30. The molecule has 3 aromatic carbocycles. The maximum absolute atomic E-state index is 12.2. The van der Waals surface area contributed by atoms with Crippen LogP contribution in [0.1, 0.15) is 15.9 Å². The molecule has 142 valence electrons. The van der Waals surface area contributed by atoms with Crippen LogP contribution in [0, 0.1) is 0 Å². The molecule has 0 aliphatic carbocycles. The number of carbonyl (C=O) groups is 2. The molecule has 0 aromatic heterocycles. The molecule has 3 rings (SSSR count). The summed E-state index contributed by atoms with van der Waals surface area (Å²) >= 11 is 5.91. The van der Waals surface area contributed by atoms with Gasteiger partial charge < -0.3 is 21.1 Å². The molecule has 0 spiro atoms. The molecule has 0 unspecified atom stereocenters. The second kappa shape index (κ2) is 8.92. The van der Waals surface area contributed by atoms with E-state index in [1.807, 2.05) is 6.07 Å². The molecule has 0 fully saturated rings. The number of benzene rings is 3. The minimum Gasteiger partial charge on any atom is -0.488 e. The molecule has 0 radical (unpaired) electrons.